The molecule has 0 amide bonds. The summed E-state index contributed by atoms with van der Waals surface area (Å²) < 4.78 is 0. The van der Waals surface area contributed by atoms with Crippen molar-refractivity contribution in [3.63, 3.8) is 0 Å². The van der Waals surface area contributed by atoms with Gasteiger partial charge in [-0.05, 0) is 19.1 Å². The van der Waals surface area contributed by atoms with E-state index in [0.29, 0.717) is 5.82 Å². The van der Waals surface area contributed by atoms with Crippen LogP contribution in [0.25, 0.3) is 10.6 Å². The monoisotopic (exact) mass is 191 g/mol. The van der Waals surface area contributed by atoms with Gasteiger partial charge in [0, 0.05) is 22.8 Å². The molecule has 0 aliphatic rings. The van der Waals surface area contributed by atoms with E-state index in [2.05, 4.69) is 9.97 Å². The Kier molecular flexibility index (Phi) is 1.98. The molecular weight excluding hydrogens is 182 g/mol. The fraction of sp³-hybridized carbons (Fsp3) is 0.111. The van der Waals surface area contributed by atoms with E-state index >= 15 is 0 Å². The molecule has 0 radical (unpaired) electrons. The Morgan fingerprint density at radius 1 is 1.23 bits per heavy atom. The summed E-state index contributed by atoms with van der Waals surface area (Å²) in [5.74, 6) is 0.539. The SMILES string of the molecule is Cc1cnc(-c2ccc(N)nc2)s1. The molecular formula is C9H9N3S. The standard InChI is InChI=1S/C9H9N3S/c1-6-4-12-9(13-6)7-2-3-8(10)11-5-7/h2-5H,1H3,(H2,10,11). The molecule has 0 unspecified atom stereocenters. The predicted octanol–water partition coefficient (Wildman–Crippen LogP) is 2.10. The van der Waals surface area contributed by atoms with Crippen LogP contribution in [0, 0.1) is 6.92 Å². The number of hydrogen-bond acceptors (Lipinski definition) is 4. The third-order valence-corrected chi connectivity index (χ3v) is 2.62. The van der Waals surface area contributed by atoms with Gasteiger partial charge in [-0.1, -0.05) is 0 Å². The Balaban J connectivity index is 2.41. The molecule has 0 aliphatic heterocycles. The lowest BCUT2D eigenvalue weighted by Gasteiger charge is -1.95. The summed E-state index contributed by atoms with van der Waals surface area (Å²) in [6, 6.07) is 3.71. The molecule has 66 valence electrons. The number of hydrogen-bond donors (Lipinski definition) is 1. The van der Waals surface area contributed by atoms with Gasteiger partial charge in [-0.3, -0.25) is 0 Å². The van der Waals surface area contributed by atoms with Crippen molar-refractivity contribution in [1.82, 2.24) is 9.97 Å². The average Bonchev–Trinajstić information content (AvgIpc) is 2.53. The Morgan fingerprint density at radius 3 is 2.62 bits per heavy atom. The van der Waals surface area contributed by atoms with Crippen molar-refractivity contribution in [2.45, 2.75) is 6.92 Å². The summed E-state index contributed by atoms with van der Waals surface area (Å²) in [5.41, 5.74) is 6.50. The number of nitrogen functional groups attached to an aromatic ring is 1. The number of thiazole rings is 1. The molecule has 4 heteroatoms. The van der Waals surface area contributed by atoms with Gasteiger partial charge in [-0.2, -0.15) is 0 Å². The van der Waals surface area contributed by atoms with Crippen molar-refractivity contribution in [2.75, 3.05) is 5.73 Å². The van der Waals surface area contributed by atoms with Crippen LogP contribution in [-0.2, 0) is 0 Å². The van der Waals surface area contributed by atoms with Crippen molar-refractivity contribution >= 4 is 17.2 Å². The topological polar surface area (TPSA) is 51.8 Å². The second-order valence-electron chi connectivity index (χ2n) is 2.75. The lowest BCUT2D eigenvalue weighted by Crippen LogP contribution is -1.88. The van der Waals surface area contributed by atoms with E-state index in [4.69, 9.17) is 5.73 Å². The van der Waals surface area contributed by atoms with Crippen LogP contribution in [0.2, 0.25) is 0 Å². The third-order valence-electron chi connectivity index (χ3n) is 1.65. The fourth-order valence-electron chi connectivity index (χ4n) is 1.02. The number of aromatic nitrogens is 2. The number of nitrogens with zero attached hydrogens (tertiary/aromatic N) is 2. The summed E-state index contributed by atoms with van der Waals surface area (Å²) in [7, 11) is 0. The highest BCUT2D eigenvalue weighted by atomic mass is 32.1. The number of pyridine rings is 1. The minimum Gasteiger partial charge on any atom is -0.384 e. The van der Waals surface area contributed by atoms with Crippen molar-refractivity contribution in [3.05, 3.63) is 29.4 Å². The average molecular weight is 191 g/mol. The van der Waals surface area contributed by atoms with Crippen molar-refractivity contribution in [2.24, 2.45) is 0 Å². The summed E-state index contributed by atoms with van der Waals surface area (Å²) in [4.78, 5) is 9.46. The minimum absolute atomic E-state index is 0.539. The second kappa shape index (κ2) is 3.14. The molecule has 0 saturated carbocycles. The van der Waals surface area contributed by atoms with Crippen LogP contribution < -0.4 is 5.73 Å². The van der Waals surface area contributed by atoms with Crippen LogP contribution >= 0.6 is 11.3 Å². The molecule has 0 aromatic carbocycles. The highest BCUT2D eigenvalue weighted by Crippen LogP contribution is 2.23. The summed E-state index contributed by atoms with van der Waals surface area (Å²) in [6.45, 7) is 2.03. The number of rotatable bonds is 1. The molecule has 2 heterocycles. The number of aryl methyl sites for hydroxylation is 1. The first-order valence-electron chi connectivity index (χ1n) is 3.90. The minimum atomic E-state index is 0.539. The number of nitrogens with two attached hydrogens (primary N) is 1. The van der Waals surface area contributed by atoms with Gasteiger partial charge < -0.3 is 5.73 Å². The first-order chi connectivity index (χ1) is 6.25. The van der Waals surface area contributed by atoms with Gasteiger partial charge in [0.05, 0.1) is 0 Å². The Morgan fingerprint density at radius 2 is 2.08 bits per heavy atom. The van der Waals surface area contributed by atoms with E-state index in [9.17, 15) is 0 Å². The van der Waals surface area contributed by atoms with Gasteiger partial charge in [0.2, 0.25) is 0 Å². The fourth-order valence-corrected chi connectivity index (χ4v) is 1.77. The van der Waals surface area contributed by atoms with Crippen molar-refractivity contribution in [1.29, 1.82) is 0 Å². The van der Waals surface area contributed by atoms with E-state index in [-0.39, 0.29) is 0 Å². The zero-order chi connectivity index (χ0) is 9.26. The van der Waals surface area contributed by atoms with Gasteiger partial charge in [-0.25, -0.2) is 9.97 Å². The normalized spacial score (nSPS) is 10.2. The van der Waals surface area contributed by atoms with Crippen LogP contribution in [-0.4, -0.2) is 9.97 Å². The highest BCUT2D eigenvalue weighted by Gasteiger charge is 2.01. The molecule has 0 spiro atoms. The van der Waals surface area contributed by atoms with E-state index in [1.165, 1.54) is 4.88 Å². The molecule has 13 heavy (non-hydrogen) atoms. The second-order valence-corrected chi connectivity index (χ2v) is 3.98. The summed E-state index contributed by atoms with van der Waals surface area (Å²) >= 11 is 1.65. The van der Waals surface area contributed by atoms with E-state index < -0.39 is 0 Å². The van der Waals surface area contributed by atoms with Crippen LogP contribution in [0.5, 0.6) is 0 Å². The lowest BCUT2D eigenvalue weighted by molar-refractivity contribution is 1.31. The van der Waals surface area contributed by atoms with E-state index in [0.717, 1.165) is 10.6 Å². The maximum Gasteiger partial charge on any atom is 0.125 e. The first kappa shape index (κ1) is 8.19. The third kappa shape index (κ3) is 1.67. The predicted molar refractivity (Wildman–Crippen MR) is 54.5 cm³/mol. The lowest BCUT2D eigenvalue weighted by atomic mass is 10.3. The molecule has 2 N–H and O–H groups in total. The molecule has 2 rings (SSSR count). The summed E-state index contributed by atoms with van der Waals surface area (Å²) in [6.07, 6.45) is 3.60. The molecule has 0 saturated heterocycles. The van der Waals surface area contributed by atoms with Gasteiger partial charge in [-0.15, -0.1) is 11.3 Å². The summed E-state index contributed by atoms with van der Waals surface area (Å²) in [5, 5.41) is 0.991. The van der Waals surface area contributed by atoms with Crippen LogP contribution in [0.3, 0.4) is 0 Å². The molecule has 3 nitrogen and oxygen atoms in total. The molecule has 2 aromatic rings. The molecule has 0 fully saturated rings. The van der Waals surface area contributed by atoms with Gasteiger partial charge >= 0.3 is 0 Å². The maximum absolute atomic E-state index is 5.48. The molecule has 2 aromatic heterocycles. The van der Waals surface area contributed by atoms with Crippen LogP contribution in [0.4, 0.5) is 5.82 Å². The van der Waals surface area contributed by atoms with Crippen LogP contribution in [0.1, 0.15) is 4.88 Å². The first-order valence-corrected chi connectivity index (χ1v) is 4.72. The van der Waals surface area contributed by atoms with Gasteiger partial charge in [0.1, 0.15) is 10.8 Å². The number of anilines is 1. The van der Waals surface area contributed by atoms with Crippen molar-refractivity contribution < 1.29 is 0 Å². The van der Waals surface area contributed by atoms with E-state index in [1.54, 1.807) is 23.6 Å². The van der Waals surface area contributed by atoms with Gasteiger partial charge in [0.15, 0.2) is 0 Å². The zero-order valence-electron chi connectivity index (χ0n) is 7.19. The van der Waals surface area contributed by atoms with Crippen LogP contribution in [0.15, 0.2) is 24.5 Å². The smallest absolute Gasteiger partial charge is 0.125 e. The van der Waals surface area contributed by atoms with Gasteiger partial charge in [0.25, 0.3) is 0 Å². The Bertz CT molecular complexity index is 405. The maximum atomic E-state index is 5.48. The zero-order valence-corrected chi connectivity index (χ0v) is 8.01. The molecule has 0 aliphatic carbocycles. The Hall–Kier alpha value is -1.42. The quantitative estimate of drug-likeness (QED) is 0.751. The molecule has 0 bridgehead atoms. The highest BCUT2D eigenvalue weighted by molar-refractivity contribution is 7.14. The Labute approximate surface area is 80.3 Å². The van der Waals surface area contributed by atoms with Crippen molar-refractivity contribution in [3.8, 4) is 10.6 Å². The van der Waals surface area contributed by atoms with E-state index in [1.807, 2.05) is 19.2 Å². The molecule has 0 atom stereocenters. The largest absolute Gasteiger partial charge is 0.384 e.